The Hall–Kier alpha value is -0.410. The van der Waals surface area contributed by atoms with Crippen molar-refractivity contribution >= 4 is 15.9 Å². The lowest BCUT2D eigenvalue weighted by Gasteiger charge is -2.34. The lowest BCUT2D eigenvalue weighted by atomic mass is 10.0. The predicted molar refractivity (Wildman–Crippen MR) is 70.5 cm³/mol. The average molecular weight is 288 g/mol. The van der Waals surface area contributed by atoms with E-state index in [1.165, 1.54) is 6.07 Å². The van der Waals surface area contributed by atoms with Crippen molar-refractivity contribution in [1.82, 2.24) is 4.90 Å². The molecule has 0 radical (unpaired) electrons. The summed E-state index contributed by atoms with van der Waals surface area (Å²) in [5.41, 5.74) is 2.26. The van der Waals surface area contributed by atoms with E-state index in [4.69, 9.17) is 0 Å². The summed E-state index contributed by atoms with van der Waals surface area (Å²) in [6.07, 6.45) is 0. The molecule has 0 atom stereocenters. The Bertz CT molecular complexity index is 363. The molecule has 0 saturated heterocycles. The fourth-order valence-corrected chi connectivity index (χ4v) is 1.81. The molecule has 1 rings (SSSR count). The van der Waals surface area contributed by atoms with Crippen LogP contribution in [0.4, 0.5) is 4.39 Å². The lowest BCUT2D eigenvalue weighted by molar-refractivity contribution is 0.173. The van der Waals surface area contributed by atoms with Crippen molar-refractivity contribution < 1.29 is 4.39 Å². The van der Waals surface area contributed by atoms with Crippen molar-refractivity contribution in [3.8, 4) is 0 Å². The lowest BCUT2D eigenvalue weighted by Crippen LogP contribution is -2.42. The van der Waals surface area contributed by atoms with Gasteiger partial charge in [0.25, 0.3) is 0 Å². The van der Waals surface area contributed by atoms with Gasteiger partial charge in [0.1, 0.15) is 5.82 Å². The Balaban J connectivity index is 2.84. The fraction of sp³-hybridized carbons (Fsp3) is 0.538. The number of alkyl halides is 1. The summed E-state index contributed by atoms with van der Waals surface area (Å²) in [4.78, 5) is 2.23. The van der Waals surface area contributed by atoms with Crippen LogP contribution in [0.5, 0.6) is 0 Å². The van der Waals surface area contributed by atoms with Gasteiger partial charge in [-0.25, -0.2) is 4.39 Å². The van der Waals surface area contributed by atoms with Gasteiger partial charge in [0.2, 0.25) is 0 Å². The van der Waals surface area contributed by atoms with E-state index < -0.39 is 0 Å². The monoisotopic (exact) mass is 287 g/mol. The van der Waals surface area contributed by atoms with E-state index in [9.17, 15) is 4.39 Å². The molecule has 0 bridgehead atoms. The molecule has 1 aromatic carbocycles. The summed E-state index contributed by atoms with van der Waals surface area (Å²) < 4.78 is 13.1. The first-order valence-corrected chi connectivity index (χ1v) is 6.51. The molecule has 1 aromatic rings. The van der Waals surface area contributed by atoms with Crippen LogP contribution in [0, 0.1) is 12.7 Å². The zero-order valence-electron chi connectivity index (χ0n) is 10.3. The van der Waals surface area contributed by atoms with Gasteiger partial charge in [-0.2, -0.15) is 0 Å². The molecule has 0 aliphatic heterocycles. The van der Waals surface area contributed by atoms with Crippen molar-refractivity contribution in [3.05, 3.63) is 35.1 Å². The van der Waals surface area contributed by atoms with Crippen LogP contribution in [-0.4, -0.2) is 22.8 Å². The van der Waals surface area contributed by atoms with Crippen LogP contribution in [0.2, 0.25) is 0 Å². The molecule has 0 fully saturated rings. The third kappa shape index (κ3) is 3.29. The second-order valence-electron chi connectivity index (χ2n) is 4.87. The highest BCUT2D eigenvalue weighted by Crippen LogP contribution is 2.20. The number of aryl methyl sites for hydroxylation is 1. The average Bonchev–Trinajstić information content (AvgIpc) is 2.23. The zero-order chi connectivity index (χ0) is 12.3. The molecule has 0 aliphatic carbocycles. The number of halogens is 2. The second-order valence-corrected chi connectivity index (χ2v) is 5.43. The minimum absolute atomic E-state index is 0.0682. The maximum Gasteiger partial charge on any atom is 0.123 e. The summed E-state index contributed by atoms with van der Waals surface area (Å²) in [7, 11) is 2.06. The van der Waals surface area contributed by atoms with Crippen molar-refractivity contribution in [2.45, 2.75) is 32.9 Å². The first kappa shape index (κ1) is 13.7. The molecule has 0 aromatic heterocycles. The van der Waals surface area contributed by atoms with Crippen LogP contribution in [0.1, 0.15) is 25.0 Å². The molecule has 0 heterocycles. The van der Waals surface area contributed by atoms with Crippen molar-refractivity contribution in [1.29, 1.82) is 0 Å². The molecule has 0 N–H and O–H groups in total. The topological polar surface area (TPSA) is 3.24 Å². The highest BCUT2D eigenvalue weighted by atomic mass is 79.9. The van der Waals surface area contributed by atoms with Crippen LogP contribution in [-0.2, 0) is 6.54 Å². The van der Waals surface area contributed by atoms with Gasteiger partial charge in [-0.1, -0.05) is 22.0 Å². The third-order valence-electron chi connectivity index (χ3n) is 3.08. The number of hydrogen-bond donors (Lipinski definition) is 0. The van der Waals surface area contributed by atoms with Gasteiger partial charge in [0.05, 0.1) is 0 Å². The third-order valence-corrected chi connectivity index (χ3v) is 4.45. The van der Waals surface area contributed by atoms with Crippen molar-refractivity contribution in [3.63, 3.8) is 0 Å². The van der Waals surface area contributed by atoms with Gasteiger partial charge in [-0.15, -0.1) is 0 Å². The largest absolute Gasteiger partial charge is 0.296 e. The van der Waals surface area contributed by atoms with E-state index in [0.717, 1.165) is 23.0 Å². The number of rotatable bonds is 4. The first-order chi connectivity index (χ1) is 7.36. The Kier molecular flexibility index (Phi) is 4.51. The Morgan fingerprint density at radius 1 is 1.38 bits per heavy atom. The minimum Gasteiger partial charge on any atom is -0.296 e. The smallest absolute Gasteiger partial charge is 0.123 e. The van der Waals surface area contributed by atoms with Gasteiger partial charge in [0.15, 0.2) is 0 Å². The maximum atomic E-state index is 13.1. The Labute approximate surface area is 106 Å². The van der Waals surface area contributed by atoms with Gasteiger partial charge in [-0.3, -0.25) is 4.90 Å². The van der Waals surface area contributed by atoms with Gasteiger partial charge < -0.3 is 0 Å². The standard InChI is InChI=1S/C13H19BrFN/c1-10-5-6-12(15)7-11(10)8-16(4)13(2,3)9-14/h5-7H,8-9H2,1-4H3. The Morgan fingerprint density at radius 3 is 2.56 bits per heavy atom. The molecular formula is C13H19BrFN. The summed E-state index contributed by atoms with van der Waals surface area (Å²) in [5, 5.41) is 0.894. The Morgan fingerprint density at radius 2 is 2.00 bits per heavy atom. The normalized spacial score (nSPS) is 12.2. The zero-order valence-corrected chi connectivity index (χ0v) is 11.9. The summed E-state index contributed by atoms with van der Waals surface area (Å²) in [6, 6.07) is 4.96. The van der Waals surface area contributed by atoms with E-state index in [2.05, 4.69) is 41.7 Å². The van der Waals surface area contributed by atoms with Crippen LogP contribution in [0.3, 0.4) is 0 Å². The maximum absolute atomic E-state index is 13.1. The van der Waals surface area contributed by atoms with Crippen LogP contribution in [0.25, 0.3) is 0 Å². The second kappa shape index (κ2) is 5.28. The molecule has 90 valence electrons. The predicted octanol–water partition coefficient (Wildman–Crippen LogP) is 3.74. The van der Waals surface area contributed by atoms with E-state index >= 15 is 0 Å². The summed E-state index contributed by atoms with van der Waals surface area (Å²) in [5.74, 6) is -0.161. The first-order valence-electron chi connectivity index (χ1n) is 5.39. The van der Waals surface area contributed by atoms with E-state index in [-0.39, 0.29) is 11.4 Å². The quantitative estimate of drug-likeness (QED) is 0.763. The molecule has 0 spiro atoms. The van der Waals surface area contributed by atoms with Gasteiger partial charge >= 0.3 is 0 Å². The molecule has 0 aliphatic rings. The van der Waals surface area contributed by atoms with Crippen LogP contribution in [0.15, 0.2) is 18.2 Å². The number of benzene rings is 1. The highest BCUT2D eigenvalue weighted by Gasteiger charge is 2.22. The molecular weight excluding hydrogens is 269 g/mol. The number of hydrogen-bond acceptors (Lipinski definition) is 1. The minimum atomic E-state index is -0.161. The van der Waals surface area contributed by atoms with E-state index in [1.807, 2.05) is 13.0 Å². The molecule has 0 unspecified atom stereocenters. The molecule has 0 amide bonds. The van der Waals surface area contributed by atoms with E-state index in [0.29, 0.717) is 0 Å². The van der Waals surface area contributed by atoms with Crippen LogP contribution >= 0.6 is 15.9 Å². The highest BCUT2D eigenvalue weighted by molar-refractivity contribution is 9.09. The van der Waals surface area contributed by atoms with Crippen LogP contribution < -0.4 is 0 Å². The molecule has 0 saturated carbocycles. The SMILES string of the molecule is Cc1ccc(F)cc1CN(C)C(C)(C)CBr. The number of nitrogens with zero attached hydrogens (tertiary/aromatic N) is 1. The van der Waals surface area contributed by atoms with Crippen molar-refractivity contribution in [2.24, 2.45) is 0 Å². The fourth-order valence-electron chi connectivity index (χ4n) is 1.38. The van der Waals surface area contributed by atoms with Gasteiger partial charge in [0, 0.05) is 17.4 Å². The molecule has 1 nitrogen and oxygen atoms in total. The summed E-state index contributed by atoms with van der Waals surface area (Å²) in [6.45, 7) is 7.11. The van der Waals surface area contributed by atoms with Gasteiger partial charge in [-0.05, 0) is 51.1 Å². The van der Waals surface area contributed by atoms with E-state index in [1.54, 1.807) is 6.07 Å². The molecule has 16 heavy (non-hydrogen) atoms. The summed E-state index contributed by atoms with van der Waals surface area (Å²) >= 11 is 3.50. The molecule has 3 heteroatoms. The van der Waals surface area contributed by atoms with Crippen molar-refractivity contribution in [2.75, 3.05) is 12.4 Å².